The van der Waals surface area contributed by atoms with E-state index in [4.69, 9.17) is 0 Å². The van der Waals surface area contributed by atoms with Crippen LogP contribution in [0.5, 0.6) is 0 Å². The highest BCUT2D eigenvalue weighted by molar-refractivity contribution is 5.86. The zero-order valence-corrected chi connectivity index (χ0v) is 11.2. The van der Waals surface area contributed by atoms with Crippen LogP contribution in [0.15, 0.2) is 12.5 Å². The maximum atomic E-state index is 4.35. The van der Waals surface area contributed by atoms with Gasteiger partial charge in [-0.05, 0) is 13.0 Å². The fourth-order valence-electron chi connectivity index (χ4n) is 1.91. The molecular formula is C12H20N6. The van der Waals surface area contributed by atoms with E-state index in [1.165, 1.54) is 0 Å². The van der Waals surface area contributed by atoms with Gasteiger partial charge in [-0.2, -0.15) is 5.10 Å². The summed E-state index contributed by atoms with van der Waals surface area (Å²) in [5.74, 6) is 0.936. The third-order valence-corrected chi connectivity index (χ3v) is 2.92. The SMILES string of the molecule is CCCNCCN(C)c1ncnc2c1cnn2C. The number of nitrogens with zero attached hydrogens (tertiary/aromatic N) is 5. The molecule has 0 aliphatic rings. The molecule has 0 aliphatic carbocycles. The largest absolute Gasteiger partial charge is 0.358 e. The Morgan fingerprint density at radius 1 is 1.33 bits per heavy atom. The van der Waals surface area contributed by atoms with Crippen molar-refractivity contribution >= 4 is 16.9 Å². The van der Waals surface area contributed by atoms with Gasteiger partial charge in [-0.3, -0.25) is 4.68 Å². The van der Waals surface area contributed by atoms with Gasteiger partial charge < -0.3 is 10.2 Å². The molecule has 2 rings (SSSR count). The zero-order chi connectivity index (χ0) is 13.0. The van der Waals surface area contributed by atoms with Crippen LogP contribution in [0.25, 0.3) is 11.0 Å². The molecule has 98 valence electrons. The van der Waals surface area contributed by atoms with Crippen LogP contribution in [0.4, 0.5) is 5.82 Å². The molecule has 6 heteroatoms. The monoisotopic (exact) mass is 248 g/mol. The van der Waals surface area contributed by atoms with Gasteiger partial charge in [-0.1, -0.05) is 6.92 Å². The minimum Gasteiger partial charge on any atom is -0.358 e. The van der Waals surface area contributed by atoms with Crippen LogP contribution in [-0.4, -0.2) is 46.4 Å². The van der Waals surface area contributed by atoms with Crippen LogP contribution in [0, 0.1) is 0 Å². The quantitative estimate of drug-likeness (QED) is 0.766. The maximum absolute atomic E-state index is 4.35. The average molecular weight is 248 g/mol. The van der Waals surface area contributed by atoms with Gasteiger partial charge in [0, 0.05) is 27.2 Å². The van der Waals surface area contributed by atoms with E-state index in [-0.39, 0.29) is 0 Å². The number of rotatable bonds is 6. The van der Waals surface area contributed by atoms with E-state index in [0.29, 0.717) is 0 Å². The normalized spacial score (nSPS) is 11.1. The first-order valence-corrected chi connectivity index (χ1v) is 6.28. The van der Waals surface area contributed by atoms with Crippen LogP contribution in [0.2, 0.25) is 0 Å². The van der Waals surface area contributed by atoms with Gasteiger partial charge in [0.25, 0.3) is 0 Å². The molecule has 18 heavy (non-hydrogen) atoms. The summed E-state index contributed by atoms with van der Waals surface area (Å²) in [6.45, 7) is 5.09. The molecule has 2 aromatic rings. The fraction of sp³-hybridized carbons (Fsp3) is 0.583. The van der Waals surface area contributed by atoms with E-state index in [1.807, 2.05) is 20.3 Å². The van der Waals surface area contributed by atoms with Gasteiger partial charge in [0.15, 0.2) is 5.65 Å². The molecule has 1 N–H and O–H groups in total. The van der Waals surface area contributed by atoms with Gasteiger partial charge >= 0.3 is 0 Å². The third kappa shape index (κ3) is 2.59. The van der Waals surface area contributed by atoms with Crippen molar-refractivity contribution in [3.05, 3.63) is 12.5 Å². The van der Waals surface area contributed by atoms with Gasteiger partial charge in [0.1, 0.15) is 12.1 Å². The Balaban J connectivity index is 2.10. The Morgan fingerprint density at radius 3 is 2.94 bits per heavy atom. The lowest BCUT2D eigenvalue weighted by atomic mass is 10.3. The molecule has 6 nitrogen and oxygen atoms in total. The van der Waals surface area contributed by atoms with Gasteiger partial charge in [-0.15, -0.1) is 0 Å². The highest BCUT2D eigenvalue weighted by Crippen LogP contribution is 2.20. The van der Waals surface area contributed by atoms with Crippen LogP contribution in [0.1, 0.15) is 13.3 Å². The molecule has 0 aliphatic heterocycles. The second kappa shape index (κ2) is 5.77. The Bertz CT molecular complexity index is 506. The minimum absolute atomic E-state index is 0.869. The summed E-state index contributed by atoms with van der Waals surface area (Å²) in [6, 6.07) is 0. The number of nitrogens with one attached hydrogen (secondary N) is 1. The van der Waals surface area contributed by atoms with Crippen molar-refractivity contribution in [1.29, 1.82) is 0 Å². The molecule has 2 aromatic heterocycles. The topological polar surface area (TPSA) is 58.9 Å². The number of likely N-dealkylation sites (N-methyl/N-ethyl adjacent to an activating group) is 1. The molecule has 0 aromatic carbocycles. The van der Waals surface area contributed by atoms with Gasteiger partial charge in [-0.25, -0.2) is 9.97 Å². The lowest BCUT2D eigenvalue weighted by Gasteiger charge is -2.18. The summed E-state index contributed by atoms with van der Waals surface area (Å²) in [6.07, 6.45) is 4.57. The summed E-state index contributed by atoms with van der Waals surface area (Å²) in [5, 5.41) is 8.60. The first-order valence-electron chi connectivity index (χ1n) is 6.28. The maximum Gasteiger partial charge on any atom is 0.163 e. The third-order valence-electron chi connectivity index (χ3n) is 2.92. The minimum atomic E-state index is 0.869. The molecule has 0 radical (unpaired) electrons. The summed E-state index contributed by atoms with van der Waals surface area (Å²) in [5.41, 5.74) is 0.869. The van der Waals surface area contributed by atoms with Crippen molar-refractivity contribution in [3.63, 3.8) is 0 Å². The number of hydrogen-bond acceptors (Lipinski definition) is 5. The predicted octanol–water partition coefficient (Wildman–Crippen LogP) is 0.799. The van der Waals surface area contributed by atoms with E-state index < -0.39 is 0 Å². The lowest BCUT2D eigenvalue weighted by Crippen LogP contribution is -2.30. The van der Waals surface area contributed by atoms with Crippen molar-refractivity contribution in [2.45, 2.75) is 13.3 Å². The molecule has 0 spiro atoms. The Kier molecular flexibility index (Phi) is 4.09. The number of hydrogen-bond donors (Lipinski definition) is 1. The first kappa shape index (κ1) is 12.8. The number of anilines is 1. The van der Waals surface area contributed by atoms with Crippen molar-refractivity contribution in [2.75, 3.05) is 31.6 Å². The smallest absolute Gasteiger partial charge is 0.163 e. The molecular weight excluding hydrogens is 228 g/mol. The average Bonchev–Trinajstić information content (AvgIpc) is 2.76. The predicted molar refractivity (Wildman–Crippen MR) is 72.7 cm³/mol. The molecule has 0 saturated carbocycles. The molecule has 0 fully saturated rings. The fourth-order valence-corrected chi connectivity index (χ4v) is 1.91. The lowest BCUT2D eigenvalue weighted by molar-refractivity contribution is 0.664. The van der Waals surface area contributed by atoms with Crippen LogP contribution >= 0.6 is 0 Å². The van der Waals surface area contributed by atoms with Gasteiger partial charge in [0.05, 0.1) is 11.6 Å². The summed E-state index contributed by atoms with van der Waals surface area (Å²) in [7, 11) is 3.93. The van der Waals surface area contributed by atoms with Crippen LogP contribution < -0.4 is 10.2 Å². The summed E-state index contributed by atoms with van der Waals surface area (Å²) >= 11 is 0. The van der Waals surface area contributed by atoms with Crippen molar-refractivity contribution in [3.8, 4) is 0 Å². The van der Waals surface area contributed by atoms with Crippen molar-refractivity contribution in [1.82, 2.24) is 25.1 Å². The second-order valence-corrected chi connectivity index (χ2v) is 4.37. The van der Waals surface area contributed by atoms with Crippen LogP contribution in [0.3, 0.4) is 0 Å². The molecule has 0 unspecified atom stereocenters. The summed E-state index contributed by atoms with van der Waals surface area (Å²) < 4.78 is 1.77. The van der Waals surface area contributed by atoms with E-state index in [9.17, 15) is 0 Å². The Labute approximate surface area is 107 Å². The zero-order valence-electron chi connectivity index (χ0n) is 11.2. The molecule has 0 amide bonds. The van der Waals surface area contributed by atoms with Crippen molar-refractivity contribution in [2.24, 2.45) is 7.05 Å². The highest BCUT2D eigenvalue weighted by Gasteiger charge is 2.10. The van der Waals surface area contributed by atoms with Crippen molar-refractivity contribution < 1.29 is 0 Å². The van der Waals surface area contributed by atoms with E-state index in [2.05, 4.69) is 32.2 Å². The van der Waals surface area contributed by atoms with Gasteiger partial charge in [0.2, 0.25) is 0 Å². The molecule has 2 heterocycles. The number of fused-ring (bicyclic) bond motifs is 1. The summed E-state index contributed by atoms with van der Waals surface area (Å²) in [4.78, 5) is 10.7. The molecule has 0 bridgehead atoms. The van der Waals surface area contributed by atoms with Crippen LogP contribution in [-0.2, 0) is 7.05 Å². The number of aromatic nitrogens is 4. The molecule has 0 saturated heterocycles. The van der Waals surface area contributed by atoms with E-state index in [1.54, 1.807) is 11.0 Å². The standard InChI is InChI=1S/C12H20N6/c1-4-5-13-6-7-17(2)11-10-8-16-18(3)12(10)15-9-14-11/h8-9,13H,4-7H2,1-3H3. The number of aryl methyl sites for hydroxylation is 1. The Hall–Kier alpha value is -1.69. The first-order chi connectivity index (χ1) is 8.74. The molecule has 0 atom stereocenters. The second-order valence-electron chi connectivity index (χ2n) is 4.37. The Morgan fingerprint density at radius 2 is 2.17 bits per heavy atom. The van der Waals surface area contributed by atoms with E-state index >= 15 is 0 Å². The van der Waals surface area contributed by atoms with E-state index in [0.717, 1.165) is 42.9 Å². The highest BCUT2D eigenvalue weighted by atomic mass is 15.3.